The lowest BCUT2D eigenvalue weighted by molar-refractivity contribution is 0.0526. The molecule has 1 rings (SSSR count). The number of carbonyl (C=O) groups is 1. The fourth-order valence-electron chi connectivity index (χ4n) is 2.24. The van der Waals surface area contributed by atoms with E-state index >= 15 is 0 Å². The average molecular weight is 322 g/mol. The maximum atomic E-state index is 11.6. The van der Waals surface area contributed by atoms with Gasteiger partial charge in [0.1, 0.15) is 5.60 Å². The molecular weight excluding hydrogens is 292 g/mol. The van der Waals surface area contributed by atoms with Gasteiger partial charge in [-0.1, -0.05) is 30.3 Å². The van der Waals surface area contributed by atoms with Crippen LogP contribution >= 0.6 is 0 Å². The van der Waals surface area contributed by atoms with E-state index in [9.17, 15) is 4.79 Å². The van der Waals surface area contributed by atoms with Gasteiger partial charge in [0.25, 0.3) is 0 Å². The van der Waals surface area contributed by atoms with Crippen molar-refractivity contribution in [3.8, 4) is 0 Å². The van der Waals surface area contributed by atoms with Gasteiger partial charge in [0.2, 0.25) is 0 Å². The highest BCUT2D eigenvalue weighted by atomic mass is 16.6. The molecule has 1 unspecified atom stereocenters. The number of amides is 1. The number of hydrogen-bond donors (Lipinski definition) is 3. The molecule has 0 radical (unpaired) electrons. The molecule has 5 heteroatoms. The molecule has 0 saturated carbocycles. The van der Waals surface area contributed by atoms with Gasteiger partial charge < -0.3 is 20.5 Å². The second kappa shape index (κ2) is 10.2. The van der Waals surface area contributed by atoms with Crippen LogP contribution in [-0.2, 0) is 4.74 Å². The first-order chi connectivity index (χ1) is 10.9. The van der Waals surface area contributed by atoms with E-state index in [0.717, 1.165) is 25.8 Å². The smallest absolute Gasteiger partial charge is 0.407 e. The van der Waals surface area contributed by atoms with Gasteiger partial charge >= 0.3 is 6.09 Å². The molecule has 0 spiro atoms. The molecule has 1 aromatic carbocycles. The number of hydrogen-bond acceptors (Lipinski definition) is 4. The summed E-state index contributed by atoms with van der Waals surface area (Å²) in [6.45, 7) is 7.10. The molecule has 3 N–H and O–H groups in total. The van der Waals surface area contributed by atoms with Gasteiger partial charge in [0.05, 0.1) is 0 Å². The van der Waals surface area contributed by atoms with Crippen LogP contribution in [0.1, 0.15) is 51.6 Å². The Balaban J connectivity index is 2.38. The number of alkyl carbamates (subject to hydrolysis) is 1. The fourth-order valence-corrected chi connectivity index (χ4v) is 2.24. The summed E-state index contributed by atoms with van der Waals surface area (Å²) in [6.07, 6.45) is 2.12. The topological polar surface area (TPSA) is 70.6 Å². The Morgan fingerprint density at radius 1 is 1.17 bits per heavy atom. The van der Waals surface area contributed by atoms with Crippen molar-refractivity contribution in [3.05, 3.63) is 35.9 Å². The van der Waals surface area contributed by atoms with Crippen LogP contribution in [0, 0.1) is 0 Å². The Labute approximate surface area is 139 Å². The second-order valence-corrected chi connectivity index (χ2v) is 6.57. The minimum atomic E-state index is -0.470. The van der Waals surface area contributed by atoms with E-state index in [1.807, 2.05) is 39.0 Å². The molecule has 1 atom stereocenters. The van der Waals surface area contributed by atoms with Crippen molar-refractivity contribution in [2.75, 3.05) is 19.7 Å². The Bertz CT molecular complexity index is 443. The molecule has 130 valence electrons. The Morgan fingerprint density at radius 2 is 1.87 bits per heavy atom. The van der Waals surface area contributed by atoms with Crippen molar-refractivity contribution in [2.24, 2.45) is 0 Å². The SMILES string of the molecule is CC(C)(C)OC(=O)NCCCC(NCCCO)c1ccccc1. The molecule has 0 aliphatic rings. The number of nitrogens with one attached hydrogen (secondary N) is 2. The highest BCUT2D eigenvalue weighted by Crippen LogP contribution is 2.18. The second-order valence-electron chi connectivity index (χ2n) is 6.57. The summed E-state index contributed by atoms with van der Waals surface area (Å²) in [5, 5.41) is 15.2. The third-order valence-electron chi connectivity index (χ3n) is 3.27. The number of rotatable bonds is 9. The quantitative estimate of drug-likeness (QED) is 0.611. The van der Waals surface area contributed by atoms with Crippen molar-refractivity contribution in [2.45, 2.75) is 51.7 Å². The Kier molecular flexibility index (Phi) is 8.66. The van der Waals surface area contributed by atoms with E-state index in [1.165, 1.54) is 5.56 Å². The molecule has 0 aliphatic carbocycles. The zero-order valence-electron chi connectivity index (χ0n) is 14.5. The summed E-state index contributed by atoms with van der Waals surface area (Å²) in [4.78, 5) is 11.6. The van der Waals surface area contributed by atoms with E-state index in [0.29, 0.717) is 6.54 Å². The largest absolute Gasteiger partial charge is 0.444 e. The molecule has 0 aliphatic heterocycles. The van der Waals surface area contributed by atoms with Gasteiger partial charge in [-0.05, 0) is 52.1 Å². The standard InChI is InChI=1S/C18H30N2O3/c1-18(2,3)23-17(22)20-12-7-11-16(19-13-8-14-21)15-9-5-4-6-10-15/h4-6,9-10,16,19,21H,7-8,11-14H2,1-3H3,(H,20,22). The van der Waals surface area contributed by atoms with Crippen LogP contribution < -0.4 is 10.6 Å². The third kappa shape index (κ3) is 9.21. The lowest BCUT2D eigenvalue weighted by atomic mass is 10.0. The monoisotopic (exact) mass is 322 g/mol. The minimum absolute atomic E-state index is 0.189. The molecule has 1 aromatic rings. The Hall–Kier alpha value is -1.59. The van der Waals surface area contributed by atoms with Crippen LogP contribution in [0.15, 0.2) is 30.3 Å². The molecule has 0 aromatic heterocycles. The fraction of sp³-hybridized carbons (Fsp3) is 0.611. The summed E-state index contributed by atoms with van der Waals surface area (Å²) >= 11 is 0. The minimum Gasteiger partial charge on any atom is -0.444 e. The molecule has 5 nitrogen and oxygen atoms in total. The van der Waals surface area contributed by atoms with Crippen molar-refractivity contribution < 1.29 is 14.6 Å². The van der Waals surface area contributed by atoms with Crippen LogP contribution in [0.5, 0.6) is 0 Å². The van der Waals surface area contributed by atoms with Crippen LogP contribution in [0.2, 0.25) is 0 Å². The first-order valence-electron chi connectivity index (χ1n) is 8.28. The van der Waals surface area contributed by atoms with Gasteiger partial charge in [-0.25, -0.2) is 4.79 Å². The van der Waals surface area contributed by atoms with Crippen molar-refractivity contribution in [1.82, 2.24) is 10.6 Å². The van der Waals surface area contributed by atoms with Crippen LogP contribution in [0.4, 0.5) is 4.79 Å². The van der Waals surface area contributed by atoms with Gasteiger partial charge in [-0.2, -0.15) is 0 Å². The maximum Gasteiger partial charge on any atom is 0.407 e. The van der Waals surface area contributed by atoms with Crippen molar-refractivity contribution >= 4 is 6.09 Å². The normalized spacial score (nSPS) is 12.7. The predicted molar refractivity (Wildman–Crippen MR) is 92.4 cm³/mol. The van der Waals surface area contributed by atoms with Gasteiger partial charge in [0, 0.05) is 19.2 Å². The molecule has 1 amide bonds. The number of aliphatic hydroxyl groups is 1. The van der Waals surface area contributed by atoms with E-state index in [2.05, 4.69) is 22.8 Å². The van der Waals surface area contributed by atoms with E-state index in [-0.39, 0.29) is 18.7 Å². The number of carbonyl (C=O) groups excluding carboxylic acids is 1. The third-order valence-corrected chi connectivity index (χ3v) is 3.27. The van der Waals surface area contributed by atoms with E-state index in [4.69, 9.17) is 9.84 Å². The average Bonchev–Trinajstić information content (AvgIpc) is 2.49. The lowest BCUT2D eigenvalue weighted by Gasteiger charge is -2.21. The van der Waals surface area contributed by atoms with Crippen LogP contribution in [0.3, 0.4) is 0 Å². The lowest BCUT2D eigenvalue weighted by Crippen LogP contribution is -2.33. The summed E-state index contributed by atoms with van der Waals surface area (Å²) < 4.78 is 5.22. The van der Waals surface area contributed by atoms with Crippen LogP contribution in [-0.4, -0.2) is 36.5 Å². The molecular formula is C18H30N2O3. The maximum absolute atomic E-state index is 11.6. The van der Waals surface area contributed by atoms with E-state index < -0.39 is 5.60 Å². The summed E-state index contributed by atoms with van der Waals surface area (Å²) in [5.74, 6) is 0. The molecule has 0 fully saturated rings. The van der Waals surface area contributed by atoms with Crippen molar-refractivity contribution in [1.29, 1.82) is 0 Å². The first kappa shape index (κ1) is 19.5. The summed E-state index contributed by atoms with van der Waals surface area (Å²) in [5.41, 5.74) is 0.755. The molecule has 0 bridgehead atoms. The Morgan fingerprint density at radius 3 is 2.48 bits per heavy atom. The zero-order valence-corrected chi connectivity index (χ0v) is 14.5. The molecule has 0 saturated heterocycles. The predicted octanol–water partition coefficient (Wildman–Crippen LogP) is 3.00. The summed E-state index contributed by atoms with van der Waals surface area (Å²) in [6, 6.07) is 10.5. The number of aliphatic hydroxyl groups excluding tert-OH is 1. The first-order valence-corrected chi connectivity index (χ1v) is 8.28. The number of ether oxygens (including phenoxy) is 1. The van der Waals surface area contributed by atoms with Crippen molar-refractivity contribution in [3.63, 3.8) is 0 Å². The van der Waals surface area contributed by atoms with Gasteiger partial charge in [-0.15, -0.1) is 0 Å². The highest BCUT2D eigenvalue weighted by molar-refractivity contribution is 5.67. The van der Waals surface area contributed by atoms with Crippen LogP contribution in [0.25, 0.3) is 0 Å². The van der Waals surface area contributed by atoms with E-state index in [1.54, 1.807) is 0 Å². The summed E-state index contributed by atoms with van der Waals surface area (Å²) in [7, 11) is 0. The zero-order chi connectivity index (χ0) is 17.1. The van der Waals surface area contributed by atoms with Gasteiger partial charge in [0.15, 0.2) is 0 Å². The highest BCUT2D eigenvalue weighted by Gasteiger charge is 2.16. The molecule has 23 heavy (non-hydrogen) atoms. The molecule has 0 heterocycles. The number of benzene rings is 1. The van der Waals surface area contributed by atoms with Gasteiger partial charge in [-0.3, -0.25) is 0 Å².